The van der Waals surface area contributed by atoms with Crippen molar-refractivity contribution in [2.24, 2.45) is 0 Å². The van der Waals surface area contributed by atoms with E-state index < -0.39 is 35.5 Å². The highest BCUT2D eigenvalue weighted by Crippen LogP contribution is 2.41. The summed E-state index contributed by atoms with van der Waals surface area (Å²) in [5.41, 5.74) is -1.32. The predicted octanol–water partition coefficient (Wildman–Crippen LogP) is 7.82. The van der Waals surface area contributed by atoms with Gasteiger partial charge in [-0.1, -0.05) is 72.1 Å². The highest BCUT2D eigenvalue weighted by Gasteiger charge is 2.54. The zero-order valence-electron chi connectivity index (χ0n) is 21.9. The first-order valence-electron chi connectivity index (χ1n) is 12.4. The summed E-state index contributed by atoms with van der Waals surface area (Å²) in [6.07, 6.45) is -6.76. The van der Waals surface area contributed by atoms with Crippen molar-refractivity contribution >= 4 is 28.3 Å². The summed E-state index contributed by atoms with van der Waals surface area (Å²) in [6.45, 7) is 5.25. The van der Waals surface area contributed by atoms with Gasteiger partial charge in [0.15, 0.2) is 6.10 Å². The molecule has 0 aliphatic rings. The van der Waals surface area contributed by atoms with Crippen molar-refractivity contribution in [3.05, 3.63) is 106 Å². The van der Waals surface area contributed by atoms with Gasteiger partial charge in [-0.25, -0.2) is 4.79 Å². The van der Waals surface area contributed by atoms with E-state index in [-0.39, 0.29) is 5.56 Å². The third-order valence-corrected chi connectivity index (χ3v) is 6.66. The van der Waals surface area contributed by atoms with Gasteiger partial charge >= 0.3 is 12.1 Å². The first kappa shape index (κ1) is 29.2. The second-order valence-electron chi connectivity index (χ2n) is 9.65. The number of aliphatic hydroxyl groups is 1. The third-order valence-electron chi connectivity index (χ3n) is 6.41. The van der Waals surface area contributed by atoms with Gasteiger partial charge < -0.3 is 14.9 Å². The summed E-state index contributed by atoms with van der Waals surface area (Å²) in [5, 5.41) is 22.5. The fourth-order valence-electron chi connectivity index (χ4n) is 4.57. The molecule has 40 heavy (non-hydrogen) atoms. The number of hydrogen-bond donors (Lipinski definition) is 2. The van der Waals surface area contributed by atoms with Gasteiger partial charge in [0.2, 0.25) is 5.60 Å². The zero-order valence-corrected chi connectivity index (χ0v) is 22.6. The number of carboxylic acids is 1. The van der Waals surface area contributed by atoms with Crippen LogP contribution >= 0.6 is 11.6 Å². The Bertz CT molecular complexity index is 1600. The molecular formula is C32H26ClF3O4. The molecule has 0 fully saturated rings. The number of ether oxygens (including phenoxy) is 1. The van der Waals surface area contributed by atoms with Crippen molar-refractivity contribution in [1.82, 2.24) is 0 Å². The second-order valence-corrected chi connectivity index (χ2v) is 10.1. The Kier molecular flexibility index (Phi) is 8.27. The summed E-state index contributed by atoms with van der Waals surface area (Å²) < 4.78 is 47.8. The number of carbonyl (C=O) groups is 1. The minimum atomic E-state index is -5.06. The van der Waals surface area contributed by atoms with Crippen LogP contribution in [0.1, 0.15) is 42.2 Å². The number of carboxylic acid groups (broad SMARTS) is 1. The summed E-state index contributed by atoms with van der Waals surface area (Å²) in [6, 6.07) is 20.1. The van der Waals surface area contributed by atoms with E-state index in [0.717, 1.165) is 17.5 Å². The van der Waals surface area contributed by atoms with Crippen molar-refractivity contribution in [2.45, 2.75) is 44.8 Å². The van der Waals surface area contributed by atoms with E-state index in [9.17, 15) is 28.2 Å². The van der Waals surface area contributed by atoms with Crippen molar-refractivity contribution in [3.8, 4) is 23.0 Å². The van der Waals surface area contributed by atoms with Gasteiger partial charge in [0.1, 0.15) is 0 Å². The summed E-state index contributed by atoms with van der Waals surface area (Å²) >= 11 is 6.11. The highest BCUT2D eigenvalue weighted by atomic mass is 35.5. The number of halogens is 4. The van der Waals surface area contributed by atoms with E-state index in [1.807, 2.05) is 5.92 Å². The van der Waals surface area contributed by atoms with E-state index >= 15 is 0 Å². The van der Waals surface area contributed by atoms with Crippen LogP contribution in [-0.2, 0) is 15.1 Å². The van der Waals surface area contributed by atoms with Crippen LogP contribution in [0.2, 0.25) is 5.02 Å². The normalized spacial score (nSPS) is 13.9. The van der Waals surface area contributed by atoms with Crippen LogP contribution in [-0.4, -0.2) is 28.5 Å². The van der Waals surface area contributed by atoms with Gasteiger partial charge in [-0.3, -0.25) is 0 Å². The molecule has 0 amide bonds. The van der Waals surface area contributed by atoms with Gasteiger partial charge in [0.25, 0.3) is 0 Å². The van der Waals surface area contributed by atoms with E-state index in [4.69, 9.17) is 16.3 Å². The molecule has 2 N–H and O–H groups in total. The van der Waals surface area contributed by atoms with E-state index in [2.05, 4.69) is 5.92 Å². The Hall–Kier alpha value is -3.83. The number of fused-ring (bicyclic) bond motifs is 1. The molecule has 0 saturated heterocycles. The molecule has 0 heterocycles. The fraction of sp³-hybridized carbons (Fsp3) is 0.219. The van der Waals surface area contributed by atoms with Crippen molar-refractivity contribution < 1.29 is 32.9 Å². The molecule has 2 unspecified atom stereocenters. The topological polar surface area (TPSA) is 66.8 Å². The Balaban J connectivity index is 1.99. The molecule has 4 aromatic carbocycles. The summed E-state index contributed by atoms with van der Waals surface area (Å²) in [4.78, 5) is 12.4. The third kappa shape index (κ3) is 5.85. The highest BCUT2D eigenvalue weighted by molar-refractivity contribution is 6.30. The van der Waals surface area contributed by atoms with Crippen LogP contribution in [0.25, 0.3) is 21.9 Å². The quantitative estimate of drug-likeness (QED) is 0.233. The van der Waals surface area contributed by atoms with Crippen LogP contribution in [0.15, 0.2) is 78.9 Å². The Morgan fingerprint density at radius 3 is 2.20 bits per heavy atom. The molecule has 206 valence electrons. The molecular weight excluding hydrogens is 541 g/mol. The van der Waals surface area contributed by atoms with Gasteiger partial charge in [0.05, 0.1) is 6.10 Å². The number of aliphatic carboxylic acids is 1. The van der Waals surface area contributed by atoms with Gasteiger partial charge in [-0.05, 0) is 78.4 Å². The number of hydrogen-bond acceptors (Lipinski definition) is 3. The van der Waals surface area contributed by atoms with Crippen LogP contribution < -0.4 is 0 Å². The van der Waals surface area contributed by atoms with Gasteiger partial charge in [-0.15, -0.1) is 0 Å². The predicted molar refractivity (Wildman–Crippen MR) is 149 cm³/mol. The molecule has 8 heteroatoms. The van der Waals surface area contributed by atoms with Crippen LogP contribution in [0.5, 0.6) is 0 Å². The summed E-state index contributed by atoms with van der Waals surface area (Å²) in [5.74, 6) is 3.36. The van der Waals surface area contributed by atoms with E-state index in [0.29, 0.717) is 32.7 Å². The summed E-state index contributed by atoms with van der Waals surface area (Å²) in [7, 11) is 0. The van der Waals surface area contributed by atoms with Crippen LogP contribution in [0.4, 0.5) is 13.2 Å². The Labute approximate surface area is 235 Å². The fourth-order valence-corrected chi connectivity index (χ4v) is 4.69. The Morgan fingerprint density at radius 2 is 1.62 bits per heavy atom. The lowest BCUT2D eigenvalue weighted by molar-refractivity contribution is -0.240. The average molecular weight is 567 g/mol. The second kappa shape index (κ2) is 11.3. The van der Waals surface area contributed by atoms with Crippen LogP contribution in [0.3, 0.4) is 0 Å². The molecule has 0 aliphatic carbocycles. The average Bonchev–Trinajstić information content (AvgIpc) is 2.90. The maximum Gasteiger partial charge on any atom is 0.433 e. The van der Waals surface area contributed by atoms with E-state index in [1.54, 1.807) is 75.4 Å². The maximum atomic E-state index is 14.0. The standard InChI is InChI=1S/C32H26ClF3O4/c1-19(2)40-29(30(37)38)27-20(3)17-23-10-9-21(18-26(23)28(27)22-11-13-25(33)14-12-22)15-16-31(39,32(34,35)36)24-7-5-4-6-8-24/h4-14,17-19,29,39H,1-3H3,(H,37,38). The molecule has 0 aromatic heterocycles. The van der Waals surface area contributed by atoms with Crippen molar-refractivity contribution in [1.29, 1.82) is 0 Å². The minimum Gasteiger partial charge on any atom is -0.479 e. The van der Waals surface area contributed by atoms with Crippen molar-refractivity contribution in [2.75, 3.05) is 0 Å². The van der Waals surface area contributed by atoms with Crippen LogP contribution in [0, 0.1) is 18.8 Å². The smallest absolute Gasteiger partial charge is 0.433 e. The lowest BCUT2D eigenvalue weighted by Gasteiger charge is -2.25. The van der Waals surface area contributed by atoms with E-state index in [1.165, 1.54) is 12.1 Å². The van der Waals surface area contributed by atoms with Crippen molar-refractivity contribution in [3.63, 3.8) is 0 Å². The monoisotopic (exact) mass is 566 g/mol. The molecule has 0 radical (unpaired) electrons. The molecule has 0 saturated carbocycles. The molecule has 4 rings (SSSR count). The molecule has 2 atom stereocenters. The lowest BCUT2D eigenvalue weighted by Crippen LogP contribution is -2.41. The first-order chi connectivity index (χ1) is 18.8. The maximum absolute atomic E-state index is 14.0. The number of aryl methyl sites for hydroxylation is 1. The molecule has 0 spiro atoms. The molecule has 0 aliphatic heterocycles. The zero-order chi connectivity index (χ0) is 29.2. The number of alkyl halides is 3. The number of benzene rings is 4. The molecule has 0 bridgehead atoms. The van der Waals surface area contributed by atoms with Gasteiger partial charge in [-0.2, -0.15) is 13.2 Å². The van der Waals surface area contributed by atoms with Gasteiger partial charge in [0, 0.05) is 21.7 Å². The SMILES string of the molecule is Cc1cc2ccc(C#CC(O)(c3ccccc3)C(F)(F)F)cc2c(-c2ccc(Cl)cc2)c1C(OC(C)C)C(=O)O. The molecule has 4 nitrogen and oxygen atoms in total. The lowest BCUT2D eigenvalue weighted by atomic mass is 9.86. The minimum absolute atomic E-state index is 0.202. The Morgan fingerprint density at radius 1 is 0.975 bits per heavy atom. The molecule has 4 aromatic rings. The first-order valence-corrected chi connectivity index (χ1v) is 12.8. The number of rotatable bonds is 6. The largest absolute Gasteiger partial charge is 0.479 e.